The smallest absolute Gasteiger partial charge is 0.282 e. The highest BCUT2D eigenvalue weighted by Gasteiger charge is 2.25. The summed E-state index contributed by atoms with van der Waals surface area (Å²) in [5.41, 5.74) is 4.87. The number of nitrogens with one attached hydrogen (secondary N) is 1. The van der Waals surface area contributed by atoms with Crippen LogP contribution in [-0.4, -0.2) is 43.0 Å². The van der Waals surface area contributed by atoms with Crippen LogP contribution in [0.25, 0.3) is 11.3 Å². The van der Waals surface area contributed by atoms with Crippen LogP contribution in [0.5, 0.6) is 11.5 Å². The Balaban J connectivity index is 1.55. The molecule has 0 atom stereocenters. The first-order chi connectivity index (χ1) is 19.9. The first-order valence-corrected chi connectivity index (χ1v) is 14.4. The molecule has 5 aromatic rings. The molecule has 0 saturated carbocycles. The number of para-hydroxylation sites is 2. The molecule has 5 rings (SSSR count). The van der Waals surface area contributed by atoms with Crippen molar-refractivity contribution >= 4 is 15.8 Å². The minimum absolute atomic E-state index is 0.0983. The molecule has 3 aromatic carbocycles. The monoisotopic (exact) mass is 567 g/mol. The Hall–Kier alpha value is -4.83. The molecule has 1 N–H and O–H groups in total. The van der Waals surface area contributed by atoms with Crippen LogP contribution in [0.1, 0.15) is 27.9 Å². The van der Waals surface area contributed by atoms with E-state index in [1.165, 1.54) is 0 Å². The molecular formula is C31H29N5O4S. The van der Waals surface area contributed by atoms with Gasteiger partial charge in [0.1, 0.15) is 11.5 Å². The van der Waals surface area contributed by atoms with Crippen molar-refractivity contribution in [2.24, 2.45) is 0 Å². The number of sulfonamides is 1. The number of ether oxygens (including phenoxy) is 2. The maximum Gasteiger partial charge on any atom is 0.282 e. The maximum atomic E-state index is 13.8. The van der Waals surface area contributed by atoms with Crippen LogP contribution < -0.4 is 14.2 Å². The number of aromatic nitrogens is 4. The zero-order valence-corrected chi connectivity index (χ0v) is 23.7. The van der Waals surface area contributed by atoms with Crippen molar-refractivity contribution in [2.75, 3.05) is 18.9 Å². The van der Waals surface area contributed by atoms with Crippen molar-refractivity contribution in [3.05, 3.63) is 119 Å². The minimum atomic E-state index is -4.21. The molecule has 0 aliphatic carbocycles. The lowest BCUT2D eigenvalue weighted by Crippen LogP contribution is -2.20. The van der Waals surface area contributed by atoms with Gasteiger partial charge in [-0.15, -0.1) is 15.3 Å². The Kier molecular flexibility index (Phi) is 8.21. The van der Waals surface area contributed by atoms with Crippen LogP contribution in [0.4, 0.5) is 5.82 Å². The van der Waals surface area contributed by atoms with Gasteiger partial charge in [0, 0.05) is 24.0 Å². The van der Waals surface area contributed by atoms with Crippen LogP contribution in [0.2, 0.25) is 0 Å². The van der Waals surface area contributed by atoms with Gasteiger partial charge >= 0.3 is 0 Å². The predicted octanol–water partition coefficient (Wildman–Crippen LogP) is 5.24. The summed E-state index contributed by atoms with van der Waals surface area (Å²) in [5, 5.41) is 16.6. The molecule has 208 valence electrons. The molecule has 2 heterocycles. The third-order valence-electron chi connectivity index (χ3n) is 6.53. The number of rotatable bonds is 10. The summed E-state index contributed by atoms with van der Waals surface area (Å²) in [6, 6.07) is 28.2. The van der Waals surface area contributed by atoms with Gasteiger partial charge in [-0.1, -0.05) is 66.7 Å². The first-order valence-electron chi connectivity index (χ1n) is 12.9. The summed E-state index contributed by atoms with van der Waals surface area (Å²) < 4.78 is 41.3. The van der Waals surface area contributed by atoms with Crippen LogP contribution >= 0.6 is 0 Å². The number of benzene rings is 3. The summed E-state index contributed by atoms with van der Waals surface area (Å²) >= 11 is 0. The topological polar surface area (TPSA) is 116 Å². The zero-order chi connectivity index (χ0) is 28.8. The van der Waals surface area contributed by atoms with Crippen molar-refractivity contribution in [1.82, 2.24) is 20.4 Å². The van der Waals surface area contributed by atoms with E-state index in [-0.39, 0.29) is 17.3 Å². The van der Waals surface area contributed by atoms with Crippen molar-refractivity contribution in [3.63, 3.8) is 0 Å². The fraction of sp³-hybridized carbons (Fsp3) is 0.161. The Morgan fingerprint density at radius 1 is 0.659 bits per heavy atom. The second-order valence-electron chi connectivity index (χ2n) is 9.37. The first kappa shape index (κ1) is 27.7. The lowest BCUT2D eigenvalue weighted by atomic mass is 10.0. The van der Waals surface area contributed by atoms with E-state index in [1.54, 1.807) is 27.2 Å². The number of methoxy groups -OCH3 is 2. The molecule has 2 aromatic heterocycles. The van der Waals surface area contributed by atoms with E-state index in [0.717, 1.165) is 16.7 Å². The average molecular weight is 568 g/mol. The standard InChI is InChI=1S/C31H29N5O4S/c1-21-17-26(19-24-14-8-10-16-29(24)40-3)31(35-32-21)41(37,38)36-30-25(18-23-13-7-9-15-28(23)39-2)20-27(33-34-30)22-11-5-4-6-12-22/h4-17,20H,18-19H2,1-3H3,(H,34,36). The van der Waals surface area contributed by atoms with Gasteiger partial charge in [0.25, 0.3) is 10.0 Å². The molecule has 41 heavy (non-hydrogen) atoms. The van der Waals surface area contributed by atoms with E-state index in [1.807, 2.05) is 84.9 Å². The summed E-state index contributed by atoms with van der Waals surface area (Å²) in [7, 11) is -1.03. The Morgan fingerprint density at radius 3 is 1.88 bits per heavy atom. The molecule has 0 unspecified atom stereocenters. The molecule has 0 fully saturated rings. The molecule has 0 amide bonds. The van der Waals surface area contributed by atoms with Crippen LogP contribution in [-0.2, 0) is 22.9 Å². The lowest BCUT2D eigenvalue weighted by Gasteiger charge is -2.15. The van der Waals surface area contributed by atoms with E-state index in [2.05, 4.69) is 25.1 Å². The fourth-order valence-corrected chi connectivity index (χ4v) is 5.72. The predicted molar refractivity (Wildman–Crippen MR) is 157 cm³/mol. The Bertz CT molecular complexity index is 1780. The van der Waals surface area contributed by atoms with Gasteiger partial charge < -0.3 is 9.47 Å². The van der Waals surface area contributed by atoms with Gasteiger partial charge in [0.15, 0.2) is 5.82 Å². The zero-order valence-electron chi connectivity index (χ0n) is 22.9. The van der Waals surface area contributed by atoms with Crippen LogP contribution in [0, 0.1) is 6.92 Å². The number of hydrogen-bond acceptors (Lipinski definition) is 8. The highest BCUT2D eigenvalue weighted by molar-refractivity contribution is 7.92. The summed E-state index contributed by atoms with van der Waals surface area (Å²) in [6.07, 6.45) is 0.633. The molecule has 0 aliphatic rings. The molecule has 9 nitrogen and oxygen atoms in total. The maximum absolute atomic E-state index is 13.8. The molecule has 10 heteroatoms. The van der Waals surface area contributed by atoms with Gasteiger partial charge in [-0.25, -0.2) is 0 Å². The summed E-state index contributed by atoms with van der Waals surface area (Å²) in [5.74, 6) is 1.43. The third-order valence-corrected chi connectivity index (χ3v) is 7.85. The van der Waals surface area contributed by atoms with Gasteiger partial charge in [-0.3, -0.25) is 4.72 Å². The largest absolute Gasteiger partial charge is 0.496 e. The third kappa shape index (κ3) is 6.33. The number of aryl methyl sites for hydroxylation is 1. The minimum Gasteiger partial charge on any atom is -0.496 e. The Morgan fingerprint density at radius 2 is 1.24 bits per heavy atom. The van der Waals surface area contributed by atoms with Gasteiger partial charge in [0.2, 0.25) is 5.03 Å². The van der Waals surface area contributed by atoms with Crippen LogP contribution in [0.3, 0.4) is 0 Å². The summed E-state index contributed by atoms with van der Waals surface area (Å²) in [6.45, 7) is 1.77. The fourth-order valence-electron chi connectivity index (χ4n) is 4.57. The van der Waals surface area contributed by atoms with Crippen molar-refractivity contribution in [3.8, 4) is 22.8 Å². The van der Waals surface area contributed by atoms with Crippen molar-refractivity contribution in [1.29, 1.82) is 0 Å². The quantitative estimate of drug-likeness (QED) is 0.244. The molecule has 0 radical (unpaired) electrons. The highest BCUT2D eigenvalue weighted by atomic mass is 32.2. The number of nitrogens with zero attached hydrogens (tertiary/aromatic N) is 4. The average Bonchev–Trinajstić information content (AvgIpc) is 2.99. The van der Waals surface area contributed by atoms with E-state index in [9.17, 15) is 8.42 Å². The van der Waals surface area contributed by atoms with E-state index in [0.29, 0.717) is 40.4 Å². The SMILES string of the molecule is COc1ccccc1Cc1cc(-c2ccccc2)nnc1NS(=O)(=O)c1nnc(C)cc1Cc1ccccc1OC. The second-order valence-corrected chi connectivity index (χ2v) is 11.0. The highest BCUT2D eigenvalue weighted by Crippen LogP contribution is 2.29. The molecule has 0 spiro atoms. The van der Waals surface area contributed by atoms with E-state index >= 15 is 0 Å². The molecule has 0 bridgehead atoms. The number of anilines is 1. The summed E-state index contributed by atoms with van der Waals surface area (Å²) in [4.78, 5) is 0. The van der Waals surface area contributed by atoms with Gasteiger partial charge in [-0.2, -0.15) is 13.5 Å². The molecule has 0 saturated heterocycles. The van der Waals surface area contributed by atoms with E-state index in [4.69, 9.17) is 9.47 Å². The van der Waals surface area contributed by atoms with Crippen molar-refractivity contribution in [2.45, 2.75) is 24.8 Å². The van der Waals surface area contributed by atoms with E-state index < -0.39 is 10.0 Å². The lowest BCUT2D eigenvalue weighted by molar-refractivity contribution is 0.410. The molecule has 0 aliphatic heterocycles. The van der Waals surface area contributed by atoms with Crippen molar-refractivity contribution < 1.29 is 17.9 Å². The molecular weight excluding hydrogens is 538 g/mol. The van der Waals surface area contributed by atoms with Crippen LogP contribution in [0.15, 0.2) is 96.0 Å². The second kappa shape index (κ2) is 12.1. The number of hydrogen-bond donors (Lipinski definition) is 1. The van der Waals surface area contributed by atoms with Gasteiger partial charge in [-0.05, 0) is 47.9 Å². The van der Waals surface area contributed by atoms with Gasteiger partial charge in [0.05, 0.1) is 25.6 Å². The Labute approximate surface area is 239 Å². The normalized spacial score (nSPS) is 11.2.